The van der Waals surface area contributed by atoms with Crippen molar-refractivity contribution >= 4 is 11.7 Å². The third-order valence-electron chi connectivity index (χ3n) is 1.73. The van der Waals surface area contributed by atoms with Crippen molar-refractivity contribution in [2.45, 2.75) is 12.6 Å². The SMILES string of the molecule is NNc1cnc(C(=O)NCCC(F)(F)F)cn1. The van der Waals surface area contributed by atoms with Crippen molar-refractivity contribution in [1.82, 2.24) is 15.3 Å². The molecule has 0 atom stereocenters. The van der Waals surface area contributed by atoms with Gasteiger partial charge in [0.05, 0.1) is 18.8 Å². The maximum atomic E-state index is 11.8. The predicted molar refractivity (Wildman–Crippen MR) is 52.8 cm³/mol. The summed E-state index contributed by atoms with van der Waals surface area (Å²) in [5, 5.41) is 2.08. The molecule has 0 radical (unpaired) electrons. The Kier molecular flexibility index (Phi) is 4.21. The molecule has 0 saturated carbocycles. The van der Waals surface area contributed by atoms with Gasteiger partial charge < -0.3 is 10.7 Å². The lowest BCUT2D eigenvalue weighted by Crippen LogP contribution is -2.28. The number of nitrogens with zero attached hydrogens (tertiary/aromatic N) is 2. The number of halogens is 3. The van der Waals surface area contributed by atoms with Crippen molar-refractivity contribution < 1.29 is 18.0 Å². The Bertz CT molecular complexity index is 378. The van der Waals surface area contributed by atoms with Gasteiger partial charge in [0.15, 0.2) is 5.82 Å². The van der Waals surface area contributed by atoms with E-state index >= 15 is 0 Å². The largest absolute Gasteiger partial charge is 0.390 e. The lowest BCUT2D eigenvalue weighted by molar-refractivity contribution is -0.132. The number of hydrogen-bond donors (Lipinski definition) is 3. The zero-order chi connectivity index (χ0) is 12.9. The summed E-state index contributed by atoms with van der Waals surface area (Å²) in [6.45, 7) is -0.499. The normalized spacial score (nSPS) is 11.1. The Hall–Kier alpha value is -1.90. The van der Waals surface area contributed by atoms with E-state index in [1.807, 2.05) is 0 Å². The molecule has 0 fully saturated rings. The summed E-state index contributed by atoms with van der Waals surface area (Å²) < 4.78 is 35.4. The molecule has 0 saturated heterocycles. The van der Waals surface area contributed by atoms with Crippen molar-refractivity contribution in [3.63, 3.8) is 0 Å². The molecular weight excluding hydrogens is 239 g/mol. The van der Waals surface area contributed by atoms with Crippen LogP contribution < -0.4 is 16.6 Å². The molecule has 6 nitrogen and oxygen atoms in total. The van der Waals surface area contributed by atoms with Crippen LogP contribution in [0.4, 0.5) is 19.0 Å². The number of nitrogens with two attached hydrogens (primary N) is 1. The fourth-order valence-electron chi connectivity index (χ4n) is 0.928. The van der Waals surface area contributed by atoms with Crippen LogP contribution in [0.5, 0.6) is 0 Å². The summed E-state index contributed by atoms with van der Waals surface area (Å²) in [6.07, 6.45) is -3.09. The van der Waals surface area contributed by atoms with Gasteiger partial charge in [-0.3, -0.25) is 4.79 Å². The molecule has 0 aliphatic carbocycles. The topological polar surface area (TPSA) is 92.9 Å². The predicted octanol–water partition coefficient (Wildman–Crippen LogP) is 0.444. The van der Waals surface area contributed by atoms with Gasteiger partial charge in [0.1, 0.15) is 5.69 Å². The first-order chi connectivity index (χ1) is 7.92. The van der Waals surface area contributed by atoms with E-state index in [2.05, 4.69) is 20.7 Å². The van der Waals surface area contributed by atoms with Gasteiger partial charge in [-0.2, -0.15) is 13.2 Å². The number of hydrogen-bond acceptors (Lipinski definition) is 5. The first-order valence-electron chi connectivity index (χ1n) is 4.56. The fourth-order valence-corrected chi connectivity index (χ4v) is 0.928. The van der Waals surface area contributed by atoms with Crippen LogP contribution in [0, 0.1) is 0 Å². The minimum absolute atomic E-state index is 0.0776. The van der Waals surface area contributed by atoms with E-state index in [4.69, 9.17) is 5.84 Å². The zero-order valence-corrected chi connectivity index (χ0v) is 8.58. The van der Waals surface area contributed by atoms with Crippen LogP contribution in [-0.4, -0.2) is 28.6 Å². The number of hydrazine groups is 1. The minimum Gasteiger partial charge on any atom is -0.350 e. The highest BCUT2D eigenvalue weighted by molar-refractivity contribution is 5.91. The highest BCUT2D eigenvalue weighted by Gasteiger charge is 2.26. The molecule has 0 aromatic carbocycles. The van der Waals surface area contributed by atoms with Gasteiger partial charge in [-0.1, -0.05) is 0 Å². The van der Waals surface area contributed by atoms with Crippen LogP contribution in [0.25, 0.3) is 0 Å². The van der Waals surface area contributed by atoms with Crippen LogP contribution >= 0.6 is 0 Å². The van der Waals surface area contributed by atoms with Crippen molar-refractivity contribution in [3.8, 4) is 0 Å². The van der Waals surface area contributed by atoms with Crippen molar-refractivity contribution in [2.75, 3.05) is 12.0 Å². The first kappa shape index (κ1) is 13.2. The summed E-state index contributed by atoms with van der Waals surface area (Å²) in [6, 6.07) is 0. The van der Waals surface area contributed by atoms with Gasteiger partial charge in [-0.05, 0) is 0 Å². The molecular formula is C8H10F3N5O. The number of carbonyl (C=O) groups excluding carboxylic acids is 1. The van der Waals surface area contributed by atoms with Gasteiger partial charge in [-0.15, -0.1) is 0 Å². The summed E-state index contributed by atoms with van der Waals surface area (Å²) >= 11 is 0. The number of anilines is 1. The molecule has 0 aliphatic heterocycles. The summed E-state index contributed by atoms with van der Waals surface area (Å²) in [4.78, 5) is 18.7. The van der Waals surface area contributed by atoms with E-state index in [1.165, 1.54) is 6.20 Å². The van der Waals surface area contributed by atoms with Crippen molar-refractivity contribution in [3.05, 3.63) is 18.1 Å². The summed E-state index contributed by atoms with van der Waals surface area (Å²) in [7, 11) is 0. The Balaban J connectivity index is 2.47. The molecule has 17 heavy (non-hydrogen) atoms. The average Bonchev–Trinajstić information content (AvgIpc) is 2.27. The van der Waals surface area contributed by atoms with Gasteiger partial charge in [0, 0.05) is 6.54 Å². The molecule has 1 aromatic rings. The quantitative estimate of drug-likeness (QED) is 0.532. The maximum Gasteiger partial charge on any atom is 0.390 e. The van der Waals surface area contributed by atoms with Gasteiger partial charge in [-0.25, -0.2) is 15.8 Å². The van der Waals surface area contributed by atoms with Crippen molar-refractivity contribution in [1.29, 1.82) is 0 Å². The molecule has 0 spiro atoms. The number of aromatic nitrogens is 2. The second-order valence-electron chi connectivity index (χ2n) is 3.05. The molecule has 94 valence electrons. The van der Waals surface area contributed by atoms with Crippen LogP contribution in [-0.2, 0) is 0 Å². The summed E-state index contributed by atoms with van der Waals surface area (Å²) in [5.74, 6) is 4.56. The molecule has 0 aliphatic rings. The number of nitrogen functional groups attached to an aromatic ring is 1. The third-order valence-corrected chi connectivity index (χ3v) is 1.73. The second-order valence-corrected chi connectivity index (χ2v) is 3.05. The number of rotatable bonds is 4. The minimum atomic E-state index is -4.30. The second kappa shape index (κ2) is 5.43. The van der Waals surface area contributed by atoms with Crippen LogP contribution in [0.15, 0.2) is 12.4 Å². The van der Waals surface area contributed by atoms with E-state index in [1.54, 1.807) is 0 Å². The van der Waals surface area contributed by atoms with Crippen LogP contribution in [0.3, 0.4) is 0 Å². The van der Waals surface area contributed by atoms with Gasteiger partial charge in [0.2, 0.25) is 0 Å². The molecule has 1 heterocycles. The number of amides is 1. The van der Waals surface area contributed by atoms with Crippen LogP contribution in [0.1, 0.15) is 16.9 Å². The van der Waals surface area contributed by atoms with E-state index in [0.29, 0.717) is 0 Å². The van der Waals surface area contributed by atoms with E-state index in [0.717, 1.165) is 6.20 Å². The molecule has 0 unspecified atom stereocenters. The molecule has 9 heteroatoms. The number of alkyl halides is 3. The van der Waals surface area contributed by atoms with E-state index in [9.17, 15) is 18.0 Å². The fraction of sp³-hybridized carbons (Fsp3) is 0.375. The lowest BCUT2D eigenvalue weighted by Gasteiger charge is -2.07. The van der Waals surface area contributed by atoms with E-state index < -0.39 is 25.0 Å². The first-order valence-corrected chi connectivity index (χ1v) is 4.56. The van der Waals surface area contributed by atoms with Crippen molar-refractivity contribution in [2.24, 2.45) is 5.84 Å². The Morgan fingerprint density at radius 1 is 1.35 bits per heavy atom. The monoisotopic (exact) mass is 249 g/mol. The average molecular weight is 249 g/mol. The maximum absolute atomic E-state index is 11.8. The summed E-state index contributed by atoms with van der Waals surface area (Å²) in [5.41, 5.74) is 2.12. The molecule has 0 bridgehead atoms. The third kappa shape index (κ3) is 4.64. The molecule has 4 N–H and O–H groups in total. The highest BCUT2D eigenvalue weighted by atomic mass is 19.4. The van der Waals surface area contributed by atoms with Crippen LogP contribution in [0.2, 0.25) is 0 Å². The Morgan fingerprint density at radius 2 is 2.06 bits per heavy atom. The molecule has 1 amide bonds. The smallest absolute Gasteiger partial charge is 0.350 e. The van der Waals surface area contributed by atoms with Gasteiger partial charge in [0.25, 0.3) is 5.91 Å². The number of carbonyl (C=O) groups is 1. The van der Waals surface area contributed by atoms with Gasteiger partial charge >= 0.3 is 6.18 Å². The highest BCUT2D eigenvalue weighted by Crippen LogP contribution is 2.18. The Labute approximate surface area is 94.4 Å². The van der Waals surface area contributed by atoms with E-state index in [-0.39, 0.29) is 11.5 Å². The molecule has 1 rings (SSSR count). The zero-order valence-electron chi connectivity index (χ0n) is 8.58. The standard InChI is InChI=1S/C8H10F3N5O/c9-8(10,11)1-2-13-7(17)5-3-15-6(16-12)4-14-5/h3-4H,1-2,12H2,(H,13,17)(H,15,16). The lowest BCUT2D eigenvalue weighted by atomic mass is 10.3. The Morgan fingerprint density at radius 3 is 2.53 bits per heavy atom. The number of nitrogens with one attached hydrogen (secondary N) is 2. The molecule has 1 aromatic heterocycles.